The van der Waals surface area contributed by atoms with E-state index in [1.54, 1.807) is 30.1 Å². The minimum absolute atomic E-state index is 0.0441. The molecule has 0 saturated heterocycles. The lowest BCUT2D eigenvalue weighted by Crippen LogP contribution is -2.28. The summed E-state index contributed by atoms with van der Waals surface area (Å²) < 4.78 is 26.8. The molecule has 0 aliphatic carbocycles. The maximum atomic E-state index is 13.8. The molecule has 0 aromatic heterocycles. The molecule has 2 amide bonds. The van der Waals surface area contributed by atoms with Gasteiger partial charge in [-0.05, 0) is 36.2 Å². The first-order valence-electron chi connectivity index (χ1n) is 8.53. The Balaban J connectivity index is 1.77. The molecule has 3 rings (SSSR count). The van der Waals surface area contributed by atoms with Crippen LogP contribution in [0.25, 0.3) is 0 Å². The second kappa shape index (κ2) is 7.23. The van der Waals surface area contributed by atoms with E-state index in [0.29, 0.717) is 24.9 Å². The molecule has 4 nitrogen and oxygen atoms in total. The van der Waals surface area contributed by atoms with Crippen LogP contribution < -0.4 is 4.90 Å². The van der Waals surface area contributed by atoms with Crippen LogP contribution >= 0.6 is 0 Å². The van der Waals surface area contributed by atoms with Gasteiger partial charge in [0, 0.05) is 49.4 Å². The number of anilines is 1. The summed E-state index contributed by atoms with van der Waals surface area (Å²) in [6, 6.07) is 8.58. The topological polar surface area (TPSA) is 40.6 Å². The van der Waals surface area contributed by atoms with Crippen LogP contribution in [0.4, 0.5) is 14.5 Å². The predicted molar refractivity (Wildman–Crippen MR) is 94.9 cm³/mol. The van der Waals surface area contributed by atoms with Crippen LogP contribution in [0, 0.1) is 11.6 Å². The monoisotopic (exact) mass is 358 g/mol. The average molecular weight is 358 g/mol. The Morgan fingerprint density at radius 2 is 1.92 bits per heavy atom. The van der Waals surface area contributed by atoms with Crippen molar-refractivity contribution in [1.29, 1.82) is 0 Å². The molecule has 0 radical (unpaired) electrons. The van der Waals surface area contributed by atoms with E-state index in [4.69, 9.17) is 0 Å². The molecule has 1 aliphatic heterocycles. The smallest absolute Gasteiger partial charge is 0.253 e. The highest BCUT2D eigenvalue weighted by Gasteiger charge is 2.25. The molecule has 136 valence electrons. The summed E-state index contributed by atoms with van der Waals surface area (Å²) in [7, 11) is 1.57. The molecule has 0 saturated carbocycles. The van der Waals surface area contributed by atoms with Gasteiger partial charge in [0.15, 0.2) is 0 Å². The lowest BCUT2D eigenvalue weighted by Gasteiger charge is -2.19. The molecule has 2 aromatic rings. The van der Waals surface area contributed by atoms with Crippen molar-refractivity contribution in [3.8, 4) is 0 Å². The summed E-state index contributed by atoms with van der Waals surface area (Å²) in [5, 5.41) is 0. The van der Waals surface area contributed by atoms with Gasteiger partial charge < -0.3 is 9.80 Å². The highest BCUT2D eigenvalue weighted by Crippen LogP contribution is 2.29. The van der Waals surface area contributed by atoms with Gasteiger partial charge in [-0.25, -0.2) is 8.78 Å². The Labute approximate surface area is 151 Å². The minimum Gasteiger partial charge on any atom is -0.337 e. The van der Waals surface area contributed by atoms with Crippen LogP contribution in [0.1, 0.15) is 34.8 Å². The van der Waals surface area contributed by atoms with E-state index in [9.17, 15) is 18.4 Å². The van der Waals surface area contributed by atoms with E-state index >= 15 is 0 Å². The zero-order valence-corrected chi connectivity index (χ0v) is 14.8. The second-order valence-electron chi connectivity index (χ2n) is 6.39. The van der Waals surface area contributed by atoms with Gasteiger partial charge in [0.25, 0.3) is 5.91 Å². The third-order valence-corrected chi connectivity index (χ3v) is 4.59. The molecule has 26 heavy (non-hydrogen) atoms. The number of halogens is 2. The van der Waals surface area contributed by atoms with Crippen LogP contribution in [0.2, 0.25) is 0 Å². The van der Waals surface area contributed by atoms with Crippen molar-refractivity contribution in [2.24, 2.45) is 0 Å². The Morgan fingerprint density at radius 1 is 1.15 bits per heavy atom. The van der Waals surface area contributed by atoms with Gasteiger partial charge in [0.05, 0.1) is 0 Å². The zero-order valence-electron chi connectivity index (χ0n) is 14.8. The van der Waals surface area contributed by atoms with Crippen molar-refractivity contribution in [3.05, 3.63) is 64.7 Å². The first kappa shape index (κ1) is 18.0. The van der Waals surface area contributed by atoms with E-state index in [1.807, 2.05) is 6.92 Å². The van der Waals surface area contributed by atoms with Crippen LogP contribution in [-0.2, 0) is 17.8 Å². The maximum Gasteiger partial charge on any atom is 0.253 e. The molecule has 0 spiro atoms. The van der Waals surface area contributed by atoms with E-state index in [0.717, 1.165) is 17.3 Å². The third-order valence-electron chi connectivity index (χ3n) is 4.59. The normalized spacial score (nSPS) is 12.8. The van der Waals surface area contributed by atoms with E-state index < -0.39 is 11.6 Å². The van der Waals surface area contributed by atoms with E-state index in [2.05, 4.69) is 0 Å². The van der Waals surface area contributed by atoms with Crippen LogP contribution in [0.5, 0.6) is 0 Å². The molecule has 0 unspecified atom stereocenters. The van der Waals surface area contributed by atoms with Crippen LogP contribution in [0.3, 0.4) is 0 Å². The summed E-state index contributed by atoms with van der Waals surface area (Å²) in [5.41, 5.74) is 2.54. The van der Waals surface area contributed by atoms with E-state index in [1.165, 1.54) is 17.0 Å². The van der Waals surface area contributed by atoms with Gasteiger partial charge in [-0.2, -0.15) is 0 Å². The Morgan fingerprint density at radius 3 is 2.62 bits per heavy atom. The van der Waals surface area contributed by atoms with Gasteiger partial charge in [-0.15, -0.1) is 0 Å². The molecule has 6 heteroatoms. The number of carbonyl (C=O) groups excluding carboxylic acids is 2. The lowest BCUT2D eigenvalue weighted by molar-refractivity contribution is -0.118. The summed E-state index contributed by atoms with van der Waals surface area (Å²) >= 11 is 0. The fraction of sp³-hybridized carbons (Fsp3) is 0.300. The third kappa shape index (κ3) is 3.45. The molecular formula is C20H20F2N2O2. The number of hydrogen-bond donors (Lipinski definition) is 0. The molecule has 0 N–H and O–H groups in total. The fourth-order valence-corrected chi connectivity index (χ4v) is 3.18. The fourth-order valence-electron chi connectivity index (χ4n) is 3.18. The standard InChI is InChI=1S/C20H20F2N2O2/c1-3-19(25)24-9-8-13-10-14(5-7-18(13)24)20(26)23(2)12-15-4-6-16(21)11-17(15)22/h4-7,10-11H,3,8-9,12H2,1-2H3. The maximum absolute atomic E-state index is 13.8. The molecular weight excluding hydrogens is 338 g/mol. The summed E-state index contributed by atoms with van der Waals surface area (Å²) in [5.74, 6) is -1.51. The number of amides is 2. The molecule has 1 aliphatic rings. The molecule has 0 atom stereocenters. The first-order valence-corrected chi connectivity index (χ1v) is 8.53. The molecule has 0 bridgehead atoms. The number of benzene rings is 2. The SMILES string of the molecule is CCC(=O)N1CCc2cc(C(=O)N(C)Cc3ccc(F)cc3F)ccc21. The summed E-state index contributed by atoms with van der Waals surface area (Å²) in [6.45, 7) is 2.49. The number of fused-ring (bicyclic) bond motifs is 1. The average Bonchev–Trinajstić information content (AvgIpc) is 3.05. The van der Waals surface area contributed by atoms with Crippen molar-refractivity contribution >= 4 is 17.5 Å². The van der Waals surface area contributed by atoms with Crippen molar-refractivity contribution < 1.29 is 18.4 Å². The van der Waals surface area contributed by atoms with Gasteiger partial charge in [0.2, 0.25) is 5.91 Å². The molecule has 0 fully saturated rings. The van der Waals surface area contributed by atoms with Gasteiger partial charge in [-0.1, -0.05) is 13.0 Å². The number of rotatable bonds is 4. The highest BCUT2D eigenvalue weighted by molar-refractivity contribution is 5.98. The van der Waals surface area contributed by atoms with Gasteiger partial charge in [-0.3, -0.25) is 9.59 Å². The highest BCUT2D eigenvalue weighted by atomic mass is 19.1. The number of hydrogen-bond acceptors (Lipinski definition) is 2. The summed E-state index contributed by atoms with van der Waals surface area (Å²) in [6.07, 6.45) is 1.14. The predicted octanol–water partition coefficient (Wildman–Crippen LogP) is 3.54. The van der Waals surface area contributed by atoms with Crippen molar-refractivity contribution in [3.63, 3.8) is 0 Å². The lowest BCUT2D eigenvalue weighted by atomic mass is 10.1. The Hall–Kier alpha value is -2.76. The van der Waals surface area contributed by atoms with Gasteiger partial charge in [0.1, 0.15) is 11.6 Å². The minimum atomic E-state index is -0.674. The number of nitrogens with zero attached hydrogens (tertiary/aromatic N) is 2. The Kier molecular flexibility index (Phi) is 5.02. The summed E-state index contributed by atoms with van der Waals surface area (Å²) in [4.78, 5) is 27.7. The van der Waals surface area contributed by atoms with Crippen molar-refractivity contribution in [1.82, 2.24) is 4.90 Å². The zero-order chi connectivity index (χ0) is 18.8. The largest absolute Gasteiger partial charge is 0.337 e. The first-order chi connectivity index (χ1) is 12.4. The second-order valence-corrected chi connectivity index (χ2v) is 6.39. The van der Waals surface area contributed by atoms with Crippen LogP contribution in [0.15, 0.2) is 36.4 Å². The van der Waals surface area contributed by atoms with Crippen LogP contribution in [-0.4, -0.2) is 30.3 Å². The van der Waals surface area contributed by atoms with Gasteiger partial charge >= 0.3 is 0 Å². The number of carbonyl (C=O) groups is 2. The van der Waals surface area contributed by atoms with E-state index in [-0.39, 0.29) is 23.9 Å². The Bertz CT molecular complexity index is 867. The quantitative estimate of drug-likeness (QED) is 0.839. The molecule has 2 aromatic carbocycles. The van der Waals surface area contributed by atoms with Crippen molar-refractivity contribution in [2.45, 2.75) is 26.3 Å². The molecule has 1 heterocycles. The van der Waals surface area contributed by atoms with Crippen molar-refractivity contribution in [2.75, 3.05) is 18.5 Å².